The first kappa shape index (κ1) is 14.5. The normalized spacial score (nSPS) is 20.4. The van der Waals surface area contributed by atoms with Crippen LogP contribution in [0.4, 0.5) is 0 Å². The molecule has 1 atom stereocenters. The molecule has 1 aromatic rings. The van der Waals surface area contributed by atoms with E-state index in [9.17, 15) is 0 Å². The molecular formula is C16H27N3. The van der Waals surface area contributed by atoms with Gasteiger partial charge in [0.25, 0.3) is 0 Å². The molecule has 3 nitrogen and oxygen atoms in total. The van der Waals surface area contributed by atoms with E-state index in [0.29, 0.717) is 0 Å². The van der Waals surface area contributed by atoms with Crippen LogP contribution in [0.15, 0.2) is 30.3 Å². The van der Waals surface area contributed by atoms with Crippen LogP contribution in [0.25, 0.3) is 0 Å². The number of likely N-dealkylation sites (N-methyl/N-ethyl adjacent to an activating group) is 1. The van der Waals surface area contributed by atoms with Gasteiger partial charge in [-0.05, 0) is 18.0 Å². The highest BCUT2D eigenvalue weighted by Crippen LogP contribution is 2.32. The first-order valence-corrected chi connectivity index (χ1v) is 7.20. The van der Waals surface area contributed by atoms with Gasteiger partial charge in [0, 0.05) is 38.8 Å². The summed E-state index contributed by atoms with van der Waals surface area (Å²) in [6.07, 6.45) is 0. The van der Waals surface area contributed by atoms with Gasteiger partial charge < -0.3 is 15.5 Å². The lowest BCUT2D eigenvalue weighted by Gasteiger charge is -2.40. The van der Waals surface area contributed by atoms with Crippen molar-refractivity contribution < 1.29 is 0 Å². The number of piperazine rings is 1. The molecule has 0 spiro atoms. The van der Waals surface area contributed by atoms with Gasteiger partial charge in [-0.2, -0.15) is 0 Å². The van der Waals surface area contributed by atoms with Crippen molar-refractivity contribution in [3.05, 3.63) is 35.9 Å². The van der Waals surface area contributed by atoms with Crippen LogP contribution in [0, 0.1) is 5.41 Å². The lowest BCUT2D eigenvalue weighted by molar-refractivity contribution is 0.0982. The molecule has 0 aliphatic carbocycles. The van der Waals surface area contributed by atoms with Crippen molar-refractivity contribution in [1.29, 1.82) is 0 Å². The van der Waals surface area contributed by atoms with Gasteiger partial charge in [0.1, 0.15) is 0 Å². The second-order valence-electron chi connectivity index (χ2n) is 6.46. The maximum absolute atomic E-state index is 6.48. The van der Waals surface area contributed by atoms with Gasteiger partial charge in [-0.3, -0.25) is 0 Å². The molecule has 0 amide bonds. The van der Waals surface area contributed by atoms with E-state index in [1.807, 2.05) is 6.07 Å². The van der Waals surface area contributed by atoms with Crippen LogP contribution in [0.5, 0.6) is 0 Å². The Bertz CT molecular complexity index is 380. The zero-order valence-corrected chi connectivity index (χ0v) is 12.5. The second kappa shape index (κ2) is 6.04. The van der Waals surface area contributed by atoms with Crippen LogP contribution in [0.1, 0.15) is 25.5 Å². The lowest BCUT2D eigenvalue weighted by Crippen LogP contribution is -2.49. The van der Waals surface area contributed by atoms with Crippen molar-refractivity contribution in [3.8, 4) is 0 Å². The smallest absolute Gasteiger partial charge is 0.0359 e. The fourth-order valence-corrected chi connectivity index (χ4v) is 2.79. The maximum atomic E-state index is 6.48. The summed E-state index contributed by atoms with van der Waals surface area (Å²) < 4.78 is 0. The van der Waals surface area contributed by atoms with Crippen molar-refractivity contribution in [1.82, 2.24) is 9.80 Å². The molecule has 1 aliphatic heterocycles. The van der Waals surface area contributed by atoms with E-state index in [-0.39, 0.29) is 11.5 Å². The van der Waals surface area contributed by atoms with E-state index < -0.39 is 0 Å². The molecule has 0 bridgehead atoms. The summed E-state index contributed by atoms with van der Waals surface area (Å²) in [4.78, 5) is 4.93. The van der Waals surface area contributed by atoms with Crippen LogP contribution in [0.2, 0.25) is 0 Å². The van der Waals surface area contributed by atoms with Crippen molar-refractivity contribution in [2.75, 3.05) is 39.8 Å². The number of rotatable bonds is 4. The summed E-state index contributed by atoms with van der Waals surface area (Å²) in [6.45, 7) is 10.3. The minimum absolute atomic E-state index is 0.0911. The average molecular weight is 261 g/mol. The molecule has 1 saturated heterocycles. The Balaban J connectivity index is 1.97. The summed E-state index contributed by atoms with van der Waals surface area (Å²) >= 11 is 0. The summed E-state index contributed by atoms with van der Waals surface area (Å²) in [5.41, 5.74) is 7.81. The lowest BCUT2D eigenvalue weighted by atomic mass is 9.80. The molecule has 106 valence electrons. The van der Waals surface area contributed by atoms with E-state index >= 15 is 0 Å². The van der Waals surface area contributed by atoms with E-state index in [1.165, 1.54) is 5.56 Å². The monoisotopic (exact) mass is 261 g/mol. The highest BCUT2D eigenvalue weighted by Gasteiger charge is 2.30. The molecule has 3 heteroatoms. The van der Waals surface area contributed by atoms with Crippen LogP contribution in [-0.4, -0.2) is 49.6 Å². The zero-order valence-electron chi connectivity index (χ0n) is 12.5. The molecule has 0 saturated carbocycles. The van der Waals surface area contributed by atoms with E-state index in [1.54, 1.807) is 0 Å². The van der Waals surface area contributed by atoms with Crippen LogP contribution in [-0.2, 0) is 0 Å². The van der Waals surface area contributed by atoms with Gasteiger partial charge in [0.05, 0.1) is 0 Å². The Labute approximate surface area is 117 Å². The summed E-state index contributed by atoms with van der Waals surface area (Å²) in [5.74, 6) is 0. The van der Waals surface area contributed by atoms with Gasteiger partial charge in [-0.1, -0.05) is 44.2 Å². The molecule has 1 aliphatic rings. The topological polar surface area (TPSA) is 32.5 Å². The van der Waals surface area contributed by atoms with Crippen LogP contribution in [0.3, 0.4) is 0 Å². The molecule has 2 N–H and O–H groups in total. The number of nitrogens with two attached hydrogens (primary N) is 1. The number of hydrogen-bond donors (Lipinski definition) is 1. The average Bonchev–Trinajstić information content (AvgIpc) is 2.41. The number of hydrogen-bond acceptors (Lipinski definition) is 3. The molecular weight excluding hydrogens is 234 g/mol. The predicted molar refractivity (Wildman–Crippen MR) is 81.1 cm³/mol. The van der Waals surface area contributed by atoms with E-state index in [0.717, 1.165) is 32.7 Å². The maximum Gasteiger partial charge on any atom is 0.0359 e. The molecule has 0 radical (unpaired) electrons. The molecule has 1 aromatic carbocycles. The summed E-state index contributed by atoms with van der Waals surface area (Å²) in [7, 11) is 2.19. The Morgan fingerprint density at radius 2 is 1.68 bits per heavy atom. The molecule has 1 unspecified atom stereocenters. The SMILES string of the molecule is CN1CCN(CC(C)(C)C(N)c2ccccc2)CC1. The van der Waals surface area contributed by atoms with Gasteiger partial charge >= 0.3 is 0 Å². The summed E-state index contributed by atoms with van der Waals surface area (Å²) in [6, 6.07) is 10.5. The Morgan fingerprint density at radius 1 is 1.11 bits per heavy atom. The third kappa shape index (κ3) is 3.78. The van der Waals surface area contributed by atoms with Gasteiger partial charge in [-0.25, -0.2) is 0 Å². The predicted octanol–water partition coefficient (Wildman–Crippen LogP) is 1.96. The van der Waals surface area contributed by atoms with Crippen LogP contribution >= 0.6 is 0 Å². The Hall–Kier alpha value is -0.900. The largest absolute Gasteiger partial charge is 0.323 e. The first-order chi connectivity index (χ1) is 8.99. The molecule has 1 heterocycles. The number of nitrogens with zero attached hydrogens (tertiary/aromatic N) is 2. The van der Waals surface area contributed by atoms with E-state index in [2.05, 4.69) is 55.0 Å². The third-order valence-electron chi connectivity index (χ3n) is 4.23. The molecule has 19 heavy (non-hydrogen) atoms. The standard InChI is InChI=1S/C16H27N3/c1-16(2,13-19-11-9-18(3)10-12-19)15(17)14-7-5-4-6-8-14/h4-8,15H,9-13,17H2,1-3H3. The molecule has 0 aromatic heterocycles. The minimum Gasteiger partial charge on any atom is -0.323 e. The van der Waals surface area contributed by atoms with Crippen LogP contribution < -0.4 is 5.73 Å². The van der Waals surface area contributed by atoms with Crippen molar-refractivity contribution in [3.63, 3.8) is 0 Å². The third-order valence-corrected chi connectivity index (χ3v) is 4.23. The van der Waals surface area contributed by atoms with Gasteiger partial charge in [0.15, 0.2) is 0 Å². The van der Waals surface area contributed by atoms with Gasteiger partial charge in [-0.15, -0.1) is 0 Å². The quantitative estimate of drug-likeness (QED) is 0.899. The first-order valence-electron chi connectivity index (χ1n) is 7.20. The highest BCUT2D eigenvalue weighted by atomic mass is 15.2. The second-order valence-corrected chi connectivity index (χ2v) is 6.46. The number of benzene rings is 1. The zero-order chi connectivity index (χ0) is 13.9. The molecule has 1 fully saturated rings. The van der Waals surface area contributed by atoms with Crippen molar-refractivity contribution >= 4 is 0 Å². The fourth-order valence-electron chi connectivity index (χ4n) is 2.79. The Morgan fingerprint density at radius 3 is 2.26 bits per heavy atom. The fraction of sp³-hybridized carbons (Fsp3) is 0.625. The van der Waals surface area contributed by atoms with Crippen molar-refractivity contribution in [2.24, 2.45) is 11.1 Å². The Kier molecular flexibility index (Phi) is 4.61. The van der Waals surface area contributed by atoms with Crippen molar-refractivity contribution in [2.45, 2.75) is 19.9 Å². The van der Waals surface area contributed by atoms with Gasteiger partial charge in [0.2, 0.25) is 0 Å². The van der Waals surface area contributed by atoms with E-state index in [4.69, 9.17) is 5.73 Å². The minimum atomic E-state index is 0.0911. The highest BCUT2D eigenvalue weighted by molar-refractivity contribution is 5.20. The molecule has 2 rings (SSSR count). The summed E-state index contributed by atoms with van der Waals surface area (Å²) in [5, 5.41) is 0.